The van der Waals surface area contributed by atoms with Gasteiger partial charge in [0.15, 0.2) is 6.29 Å². The molecule has 21 heavy (non-hydrogen) atoms. The smallest absolute Gasteiger partial charge is 0.227 e. The number of amides is 1. The van der Waals surface area contributed by atoms with Crippen molar-refractivity contribution >= 4 is 11.6 Å². The third-order valence-electron chi connectivity index (χ3n) is 4.06. The second-order valence-corrected chi connectivity index (χ2v) is 5.54. The van der Waals surface area contributed by atoms with Crippen molar-refractivity contribution in [1.29, 1.82) is 0 Å². The minimum atomic E-state index is -0.131. The van der Waals surface area contributed by atoms with Gasteiger partial charge in [0, 0.05) is 31.2 Å². The van der Waals surface area contributed by atoms with Gasteiger partial charge < -0.3 is 19.7 Å². The molecule has 0 aliphatic carbocycles. The molecule has 5 nitrogen and oxygen atoms in total. The van der Waals surface area contributed by atoms with Gasteiger partial charge in [-0.05, 0) is 31.0 Å². The predicted octanol–water partition coefficient (Wildman–Crippen LogP) is 1.84. The van der Waals surface area contributed by atoms with Gasteiger partial charge >= 0.3 is 0 Å². The molecule has 0 bridgehead atoms. The Balaban J connectivity index is 1.56. The molecule has 0 unspecified atom stereocenters. The summed E-state index contributed by atoms with van der Waals surface area (Å²) in [4.78, 5) is 13.6. The predicted molar refractivity (Wildman–Crippen MR) is 80.1 cm³/mol. The highest BCUT2D eigenvalue weighted by molar-refractivity contribution is 5.95. The van der Waals surface area contributed by atoms with Crippen LogP contribution in [0.4, 0.5) is 5.69 Å². The molecule has 2 saturated heterocycles. The molecule has 2 heterocycles. The van der Waals surface area contributed by atoms with Gasteiger partial charge in [-0.3, -0.25) is 4.79 Å². The van der Waals surface area contributed by atoms with Crippen molar-refractivity contribution in [2.45, 2.75) is 32.1 Å². The van der Waals surface area contributed by atoms with Crippen LogP contribution in [0.5, 0.6) is 0 Å². The zero-order valence-corrected chi connectivity index (χ0v) is 12.4. The maximum absolute atomic E-state index is 11.7. The van der Waals surface area contributed by atoms with E-state index in [0.29, 0.717) is 26.2 Å². The molecule has 114 valence electrons. The second kappa shape index (κ2) is 6.56. The van der Waals surface area contributed by atoms with Crippen LogP contribution >= 0.6 is 0 Å². The summed E-state index contributed by atoms with van der Waals surface area (Å²) in [5.74, 6) is 0.226. The Kier molecular flexibility index (Phi) is 4.53. The van der Waals surface area contributed by atoms with E-state index >= 15 is 0 Å². The van der Waals surface area contributed by atoms with Crippen molar-refractivity contribution in [1.82, 2.24) is 5.32 Å². The van der Waals surface area contributed by atoms with Crippen LogP contribution in [0.2, 0.25) is 0 Å². The summed E-state index contributed by atoms with van der Waals surface area (Å²) >= 11 is 0. The average molecular weight is 290 g/mol. The Morgan fingerprint density at radius 1 is 1.29 bits per heavy atom. The zero-order chi connectivity index (χ0) is 14.7. The number of benzene rings is 1. The molecule has 2 aliphatic heterocycles. The number of nitrogens with zero attached hydrogens (tertiary/aromatic N) is 1. The lowest BCUT2D eigenvalue weighted by Gasteiger charge is -2.19. The summed E-state index contributed by atoms with van der Waals surface area (Å²) in [6, 6.07) is 8.43. The van der Waals surface area contributed by atoms with Gasteiger partial charge in [0.2, 0.25) is 5.91 Å². The van der Waals surface area contributed by atoms with E-state index < -0.39 is 0 Å². The van der Waals surface area contributed by atoms with Crippen LogP contribution in [0.3, 0.4) is 0 Å². The molecular weight excluding hydrogens is 268 g/mol. The maximum Gasteiger partial charge on any atom is 0.227 e. The van der Waals surface area contributed by atoms with Crippen molar-refractivity contribution in [3.8, 4) is 0 Å². The van der Waals surface area contributed by atoms with Crippen molar-refractivity contribution in [3.63, 3.8) is 0 Å². The lowest BCUT2D eigenvalue weighted by molar-refractivity contribution is -0.117. The quantitative estimate of drug-likeness (QED) is 0.899. The highest BCUT2D eigenvalue weighted by atomic mass is 16.7. The van der Waals surface area contributed by atoms with E-state index in [2.05, 4.69) is 24.4 Å². The summed E-state index contributed by atoms with van der Waals surface area (Å²) in [7, 11) is 0. The van der Waals surface area contributed by atoms with E-state index in [9.17, 15) is 4.79 Å². The molecule has 3 rings (SSSR count). The fourth-order valence-electron chi connectivity index (χ4n) is 2.78. The van der Waals surface area contributed by atoms with E-state index in [1.165, 1.54) is 5.56 Å². The molecule has 2 fully saturated rings. The maximum atomic E-state index is 11.7. The number of hydrogen-bond donors (Lipinski definition) is 1. The van der Waals surface area contributed by atoms with Gasteiger partial charge in [-0.25, -0.2) is 0 Å². The number of carbonyl (C=O) groups excluding carboxylic acids is 1. The molecule has 1 aromatic rings. The Hall–Kier alpha value is -1.43. The van der Waals surface area contributed by atoms with Gasteiger partial charge in [-0.1, -0.05) is 12.1 Å². The lowest BCUT2D eigenvalue weighted by atomic mass is 10.1. The molecule has 1 amide bonds. The SMILES string of the molecule is C[C@H](NCC1OCCO1)c1ccc(N2CCCC2=O)cc1. The first kappa shape index (κ1) is 14.5. The van der Waals surface area contributed by atoms with Gasteiger partial charge in [0.25, 0.3) is 0 Å². The second-order valence-electron chi connectivity index (χ2n) is 5.54. The molecule has 1 aromatic carbocycles. The lowest BCUT2D eigenvalue weighted by Crippen LogP contribution is -2.29. The molecule has 2 aliphatic rings. The van der Waals surface area contributed by atoms with Crippen molar-refractivity contribution in [2.24, 2.45) is 0 Å². The number of hydrogen-bond acceptors (Lipinski definition) is 4. The number of nitrogens with one attached hydrogen (secondary N) is 1. The number of ether oxygens (including phenoxy) is 2. The fraction of sp³-hybridized carbons (Fsp3) is 0.562. The van der Waals surface area contributed by atoms with Gasteiger partial charge in [-0.15, -0.1) is 0 Å². The molecular formula is C16H22N2O3. The van der Waals surface area contributed by atoms with Crippen molar-refractivity contribution in [3.05, 3.63) is 29.8 Å². The molecule has 0 spiro atoms. The summed E-state index contributed by atoms with van der Waals surface area (Å²) in [6.45, 7) is 5.00. The molecule has 1 atom stereocenters. The highest BCUT2D eigenvalue weighted by Crippen LogP contribution is 2.23. The third-order valence-corrected chi connectivity index (χ3v) is 4.06. The zero-order valence-electron chi connectivity index (χ0n) is 12.4. The van der Waals surface area contributed by atoms with E-state index in [1.54, 1.807) is 0 Å². The van der Waals surface area contributed by atoms with Gasteiger partial charge in [0.05, 0.1) is 13.2 Å². The Bertz CT molecular complexity index is 483. The number of rotatable bonds is 5. The highest BCUT2D eigenvalue weighted by Gasteiger charge is 2.22. The minimum Gasteiger partial charge on any atom is -0.349 e. The van der Waals surface area contributed by atoms with Crippen LogP contribution in [-0.4, -0.2) is 38.5 Å². The first-order valence-corrected chi connectivity index (χ1v) is 7.61. The Morgan fingerprint density at radius 3 is 2.62 bits per heavy atom. The van der Waals surface area contributed by atoms with Crippen LogP contribution in [0, 0.1) is 0 Å². The largest absolute Gasteiger partial charge is 0.349 e. The number of anilines is 1. The van der Waals surface area contributed by atoms with E-state index in [0.717, 1.165) is 18.7 Å². The summed E-state index contributed by atoms with van der Waals surface area (Å²) in [5.41, 5.74) is 2.19. The normalized spacial score (nSPS) is 21.2. The fourth-order valence-corrected chi connectivity index (χ4v) is 2.78. The molecule has 5 heteroatoms. The molecule has 0 radical (unpaired) electrons. The van der Waals surface area contributed by atoms with Crippen LogP contribution in [0.25, 0.3) is 0 Å². The molecule has 0 saturated carbocycles. The Morgan fingerprint density at radius 2 is 2.00 bits per heavy atom. The number of carbonyl (C=O) groups is 1. The standard InChI is InChI=1S/C16H22N2O3/c1-12(17-11-16-20-9-10-21-16)13-4-6-14(7-5-13)18-8-2-3-15(18)19/h4-7,12,16-17H,2-3,8-11H2,1H3/t12-/m0/s1. The Labute approximate surface area is 125 Å². The third kappa shape index (κ3) is 3.43. The van der Waals surface area contributed by atoms with E-state index in [1.807, 2.05) is 17.0 Å². The topological polar surface area (TPSA) is 50.8 Å². The van der Waals surface area contributed by atoms with E-state index in [4.69, 9.17) is 9.47 Å². The molecule has 0 aromatic heterocycles. The summed E-state index contributed by atoms with van der Waals surface area (Å²) in [5, 5.41) is 3.41. The first-order chi connectivity index (χ1) is 10.2. The van der Waals surface area contributed by atoms with Crippen LogP contribution in [-0.2, 0) is 14.3 Å². The van der Waals surface area contributed by atoms with Crippen molar-refractivity contribution < 1.29 is 14.3 Å². The minimum absolute atomic E-state index is 0.131. The van der Waals surface area contributed by atoms with Crippen LogP contribution < -0.4 is 10.2 Å². The average Bonchev–Trinajstić information content (AvgIpc) is 3.16. The first-order valence-electron chi connectivity index (χ1n) is 7.61. The molecule has 1 N–H and O–H groups in total. The van der Waals surface area contributed by atoms with Crippen molar-refractivity contribution in [2.75, 3.05) is 31.2 Å². The van der Waals surface area contributed by atoms with Gasteiger partial charge in [-0.2, -0.15) is 0 Å². The summed E-state index contributed by atoms with van der Waals surface area (Å²) in [6.07, 6.45) is 1.50. The summed E-state index contributed by atoms with van der Waals surface area (Å²) < 4.78 is 10.8. The van der Waals surface area contributed by atoms with Crippen LogP contribution in [0.15, 0.2) is 24.3 Å². The van der Waals surface area contributed by atoms with E-state index in [-0.39, 0.29) is 18.2 Å². The monoisotopic (exact) mass is 290 g/mol. The van der Waals surface area contributed by atoms with Crippen LogP contribution in [0.1, 0.15) is 31.4 Å². The van der Waals surface area contributed by atoms with Gasteiger partial charge in [0.1, 0.15) is 0 Å².